The summed E-state index contributed by atoms with van der Waals surface area (Å²) in [5.74, 6) is -0.0762. The highest BCUT2D eigenvalue weighted by atomic mass is 35.5. The number of nitrogens with zero attached hydrogens (tertiary/aromatic N) is 2. The van der Waals surface area contributed by atoms with Gasteiger partial charge in [-0.25, -0.2) is 4.98 Å². The summed E-state index contributed by atoms with van der Waals surface area (Å²) in [6, 6.07) is 5.39. The fraction of sp³-hybridized carbons (Fsp3) is 0.375. The zero-order valence-corrected chi connectivity index (χ0v) is 15.1. The highest BCUT2D eigenvalue weighted by Crippen LogP contribution is 2.35. The number of thiazole rings is 1. The van der Waals surface area contributed by atoms with Crippen LogP contribution in [-0.2, 0) is 4.74 Å². The zero-order chi connectivity index (χ0) is 16.6. The van der Waals surface area contributed by atoms with Gasteiger partial charge in [-0.05, 0) is 19.9 Å². The van der Waals surface area contributed by atoms with Gasteiger partial charge in [0.2, 0.25) is 0 Å². The lowest BCUT2D eigenvalue weighted by Crippen LogP contribution is -2.48. The van der Waals surface area contributed by atoms with E-state index in [1.165, 1.54) is 11.3 Å². The van der Waals surface area contributed by atoms with Crippen LogP contribution in [0, 0.1) is 0 Å². The van der Waals surface area contributed by atoms with Crippen molar-refractivity contribution in [3.8, 4) is 10.6 Å². The lowest BCUT2D eigenvalue weighted by Gasteiger charge is -2.34. The van der Waals surface area contributed by atoms with Crippen LogP contribution < -0.4 is 0 Å². The molecule has 23 heavy (non-hydrogen) atoms. The van der Waals surface area contributed by atoms with Crippen LogP contribution in [0.25, 0.3) is 10.6 Å². The van der Waals surface area contributed by atoms with Gasteiger partial charge in [0.15, 0.2) is 0 Å². The summed E-state index contributed by atoms with van der Waals surface area (Å²) in [6.07, 6.45) is 0.0614. The number of hydrogen-bond donors (Lipinski definition) is 0. The number of carbonyl (C=O) groups is 1. The molecule has 2 heterocycles. The molecule has 4 nitrogen and oxygen atoms in total. The van der Waals surface area contributed by atoms with E-state index in [0.29, 0.717) is 33.8 Å². The highest BCUT2D eigenvalue weighted by Gasteiger charge is 2.28. The summed E-state index contributed by atoms with van der Waals surface area (Å²) >= 11 is 13.7. The van der Waals surface area contributed by atoms with Crippen LogP contribution in [0.3, 0.4) is 0 Å². The van der Waals surface area contributed by atoms with E-state index in [-0.39, 0.29) is 18.1 Å². The molecule has 1 saturated heterocycles. The summed E-state index contributed by atoms with van der Waals surface area (Å²) < 4.78 is 5.66. The molecule has 2 aromatic rings. The molecule has 1 aliphatic rings. The molecular weight excluding hydrogens is 355 g/mol. The maximum atomic E-state index is 12.6. The monoisotopic (exact) mass is 370 g/mol. The quantitative estimate of drug-likeness (QED) is 0.788. The molecule has 0 radical (unpaired) electrons. The van der Waals surface area contributed by atoms with Crippen molar-refractivity contribution >= 4 is 40.4 Å². The first-order valence-electron chi connectivity index (χ1n) is 7.30. The second kappa shape index (κ2) is 6.77. The van der Waals surface area contributed by atoms with Gasteiger partial charge in [0.1, 0.15) is 10.7 Å². The van der Waals surface area contributed by atoms with Crippen molar-refractivity contribution < 1.29 is 9.53 Å². The normalized spacial score (nSPS) is 21.5. The largest absolute Gasteiger partial charge is 0.372 e. The second-order valence-electron chi connectivity index (χ2n) is 5.61. The van der Waals surface area contributed by atoms with Gasteiger partial charge >= 0.3 is 0 Å². The molecule has 1 amide bonds. The summed E-state index contributed by atoms with van der Waals surface area (Å²) in [5.41, 5.74) is 1.18. The van der Waals surface area contributed by atoms with Gasteiger partial charge in [-0.1, -0.05) is 35.3 Å². The van der Waals surface area contributed by atoms with Crippen molar-refractivity contribution in [2.75, 3.05) is 13.1 Å². The van der Waals surface area contributed by atoms with Crippen LogP contribution in [0.4, 0.5) is 0 Å². The van der Waals surface area contributed by atoms with E-state index in [9.17, 15) is 4.79 Å². The van der Waals surface area contributed by atoms with Crippen molar-refractivity contribution in [1.82, 2.24) is 9.88 Å². The van der Waals surface area contributed by atoms with Gasteiger partial charge in [-0.2, -0.15) is 0 Å². The maximum absolute atomic E-state index is 12.6. The Morgan fingerprint density at radius 1 is 1.30 bits per heavy atom. The number of halogens is 2. The second-order valence-corrected chi connectivity index (χ2v) is 7.25. The first kappa shape index (κ1) is 16.7. The fourth-order valence-corrected chi connectivity index (χ4v) is 3.94. The molecule has 0 aliphatic carbocycles. The summed E-state index contributed by atoms with van der Waals surface area (Å²) in [6.45, 7) is 5.09. The van der Waals surface area contributed by atoms with Gasteiger partial charge < -0.3 is 9.64 Å². The minimum Gasteiger partial charge on any atom is -0.372 e. The topological polar surface area (TPSA) is 42.4 Å². The van der Waals surface area contributed by atoms with E-state index in [0.717, 1.165) is 5.56 Å². The van der Waals surface area contributed by atoms with E-state index in [4.69, 9.17) is 27.9 Å². The molecule has 0 bridgehead atoms. The maximum Gasteiger partial charge on any atom is 0.273 e. The number of carbonyl (C=O) groups excluding carboxylic acids is 1. The molecule has 1 aromatic carbocycles. The average Bonchev–Trinajstić information content (AvgIpc) is 2.98. The minimum atomic E-state index is -0.0762. The fourth-order valence-electron chi connectivity index (χ4n) is 2.67. The van der Waals surface area contributed by atoms with Crippen molar-refractivity contribution in [2.45, 2.75) is 26.1 Å². The Bertz CT molecular complexity index is 725. The van der Waals surface area contributed by atoms with Crippen LogP contribution in [0.15, 0.2) is 23.6 Å². The SMILES string of the molecule is CC1CN(C(=O)c2csc(-c3cccc(Cl)c3Cl)n2)CC(C)O1. The Hall–Kier alpha value is -1.14. The average molecular weight is 371 g/mol. The summed E-state index contributed by atoms with van der Waals surface area (Å²) in [4.78, 5) is 18.9. The van der Waals surface area contributed by atoms with Crippen molar-refractivity contribution in [3.05, 3.63) is 39.3 Å². The van der Waals surface area contributed by atoms with E-state index in [1.807, 2.05) is 26.0 Å². The van der Waals surface area contributed by atoms with Crippen LogP contribution in [0.5, 0.6) is 0 Å². The number of rotatable bonds is 2. The van der Waals surface area contributed by atoms with Crippen molar-refractivity contribution in [3.63, 3.8) is 0 Å². The third-order valence-corrected chi connectivity index (χ3v) is 5.31. The molecule has 2 unspecified atom stereocenters. The zero-order valence-electron chi connectivity index (χ0n) is 12.8. The molecule has 0 N–H and O–H groups in total. The number of amides is 1. The standard InChI is InChI=1S/C16H16Cl2N2O2S/c1-9-6-20(7-10(2)22-9)16(21)13-8-23-15(19-13)11-4-3-5-12(17)14(11)18/h3-5,8-10H,6-7H2,1-2H3. The van der Waals surface area contributed by atoms with Crippen molar-refractivity contribution in [2.24, 2.45) is 0 Å². The predicted molar refractivity (Wildman–Crippen MR) is 93.5 cm³/mol. The van der Waals surface area contributed by atoms with Crippen LogP contribution in [0.1, 0.15) is 24.3 Å². The van der Waals surface area contributed by atoms with Crippen molar-refractivity contribution in [1.29, 1.82) is 0 Å². The first-order valence-corrected chi connectivity index (χ1v) is 8.94. The van der Waals surface area contributed by atoms with Gasteiger partial charge in [-0.15, -0.1) is 11.3 Å². The van der Waals surface area contributed by atoms with Gasteiger partial charge in [-0.3, -0.25) is 4.79 Å². The molecule has 1 fully saturated rings. The van der Waals surface area contributed by atoms with E-state index in [1.54, 1.807) is 16.3 Å². The van der Waals surface area contributed by atoms with Gasteiger partial charge in [0.05, 0.1) is 22.3 Å². The molecule has 3 rings (SSSR count). The van der Waals surface area contributed by atoms with E-state index >= 15 is 0 Å². The third-order valence-electron chi connectivity index (χ3n) is 3.61. The Labute approximate surface area is 149 Å². The lowest BCUT2D eigenvalue weighted by atomic mass is 10.2. The molecule has 122 valence electrons. The molecule has 1 aliphatic heterocycles. The Morgan fingerprint density at radius 3 is 2.70 bits per heavy atom. The minimum absolute atomic E-state index is 0.0307. The van der Waals surface area contributed by atoms with Gasteiger partial charge in [0.25, 0.3) is 5.91 Å². The van der Waals surface area contributed by atoms with E-state index in [2.05, 4.69) is 4.98 Å². The number of benzene rings is 1. The molecule has 1 aromatic heterocycles. The molecule has 0 spiro atoms. The summed E-state index contributed by atoms with van der Waals surface area (Å²) in [5, 5.41) is 3.38. The van der Waals surface area contributed by atoms with Crippen LogP contribution in [-0.4, -0.2) is 41.1 Å². The lowest BCUT2D eigenvalue weighted by molar-refractivity contribution is -0.0587. The predicted octanol–water partition coefficient (Wildman–Crippen LogP) is 4.37. The smallest absolute Gasteiger partial charge is 0.273 e. The number of ether oxygens (including phenoxy) is 1. The number of morpholine rings is 1. The van der Waals surface area contributed by atoms with Crippen LogP contribution in [0.2, 0.25) is 10.0 Å². The van der Waals surface area contributed by atoms with Crippen LogP contribution >= 0.6 is 34.5 Å². The third kappa shape index (κ3) is 3.53. The first-order chi connectivity index (χ1) is 11.0. The van der Waals surface area contributed by atoms with E-state index < -0.39 is 0 Å². The number of hydrogen-bond acceptors (Lipinski definition) is 4. The molecule has 2 atom stereocenters. The molecule has 7 heteroatoms. The molecular formula is C16H16Cl2N2O2S. The molecule has 0 saturated carbocycles. The van der Waals surface area contributed by atoms with Gasteiger partial charge in [0, 0.05) is 24.0 Å². The Kier molecular flexibility index (Phi) is 4.92. The summed E-state index contributed by atoms with van der Waals surface area (Å²) in [7, 11) is 0. The number of aromatic nitrogens is 1. The Morgan fingerprint density at radius 2 is 2.00 bits per heavy atom. The Balaban J connectivity index is 1.84. The highest BCUT2D eigenvalue weighted by molar-refractivity contribution is 7.13.